The summed E-state index contributed by atoms with van der Waals surface area (Å²) in [6, 6.07) is 5.85. The molecule has 0 bridgehead atoms. The first kappa shape index (κ1) is 17.0. The Hall–Kier alpha value is -1.04. The average Bonchev–Trinajstić information content (AvgIpc) is 2.41. The van der Waals surface area contributed by atoms with Gasteiger partial charge in [-0.2, -0.15) is 0 Å². The predicted octanol–water partition coefficient (Wildman–Crippen LogP) is 2.75. The monoisotopic (exact) mass is 343 g/mol. The summed E-state index contributed by atoms with van der Waals surface area (Å²) in [6.07, 6.45) is 1.11. The number of aliphatic hydroxyl groups excluding tert-OH is 1. The van der Waals surface area contributed by atoms with Crippen molar-refractivity contribution in [3.05, 3.63) is 35.3 Å². The smallest absolute Gasteiger partial charge is 0.162 e. The maximum Gasteiger partial charge on any atom is 0.162 e. The highest BCUT2D eigenvalue weighted by molar-refractivity contribution is 9.10. The SMILES string of the molecule is C=CCOc1cc(Br)ccc1OC[C@H](O)CNC(C)C. The Kier molecular flexibility index (Phi) is 7.65. The molecular formula is C15H22BrNO3. The van der Waals surface area contributed by atoms with Crippen molar-refractivity contribution in [2.24, 2.45) is 0 Å². The largest absolute Gasteiger partial charge is 0.487 e. The number of hydrogen-bond donors (Lipinski definition) is 2. The van der Waals surface area contributed by atoms with Crippen molar-refractivity contribution >= 4 is 15.9 Å². The minimum atomic E-state index is -0.562. The van der Waals surface area contributed by atoms with Crippen LogP contribution < -0.4 is 14.8 Å². The number of aliphatic hydroxyl groups is 1. The van der Waals surface area contributed by atoms with Gasteiger partial charge < -0.3 is 19.9 Å². The molecule has 0 aliphatic carbocycles. The van der Waals surface area contributed by atoms with Gasteiger partial charge in [0.15, 0.2) is 11.5 Å². The van der Waals surface area contributed by atoms with Crippen molar-refractivity contribution in [1.29, 1.82) is 0 Å². The number of ether oxygens (including phenoxy) is 2. The maximum absolute atomic E-state index is 9.83. The van der Waals surface area contributed by atoms with Crippen LogP contribution in [0.25, 0.3) is 0 Å². The molecule has 0 aromatic heterocycles. The quantitative estimate of drug-likeness (QED) is 0.677. The third kappa shape index (κ3) is 6.41. The minimum absolute atomic E-state index is 0.214. The summed E-state index contributed by atoms with van der Waals surface area (Å²) in [5, 5.41) is 13.0. The predicted molar refractivity (Wildman–Crippen MR) is 84.5 cm³/mol. The normalized spacial score (nSPS) is 12.2. The minimum Gasteiger partial charge on any atom is -0.487 e. The molecule has 0 aliphatic heterocycles. The molecule has 0 aliphatic rings. The lowest BCUT2D eigenvalue weighted by molar-refractivity contribution is 0.102. The van der Waals surface area contributed by atoms with E-state index >= 15 is 0 Å². The van der Waals surface area contributed by atoms with Gasteiger partial charge in [0.25, 0.3) is 0 Å². The highest BCUT2D eigenvalue weighted by Gasteiger charge is 2.10. The molecule has 112 valence electrons. The van der Waals surface area contributed by atoms with Crippen LogP contribution in [0, 0.1) is 0 Å². The molecule has 0 saturated heterocycles. The van der Waals surface area contributed by atoms with Crippen LogP contribution in [0.1, 0.15) is 13.8 Å². The Labute approximate surface area is 128 Å². The molecular weight excluding hydrogens is 322 g/mol. The second-order valence-electron chi connectivity index (χ2n) is 4.72. The zero-order valence-corrected chi connectivity index (χ0v) is 13.5. The third-order valence-corrected chi connectivity index (χ3v) is 2.95. The summed E-state index contributed by atoms with van der Waals surface area (Å²) >= 11 is 3.39. The molecule has 1 atom stereocenters. The first-order valence-electron chi connectivity index (χ1n) is 6.60. The van der Waals surface area contributed by atoms with Crippen molar-refractivity contribution in [2.45, 2.75) is 26.0 Å². The highest BCUT2D eigenvalue weighted by atomic mass is 79.9. The van der Waals surface area contributed by atoms with Gasteiger partial charge in [0.2, 0.25) is 0 Å². The maximum atomic E-state index is 9.83. The number of nitrogens with one attached hydrogen (secondary N) is 1. The Bertz CT molecular complexity index is 424. The molecule has 1 aromatic carbocycles. The number of benzene rings is 1. The van der Waals surface area contributed by atoms with E-state index in [0.717, 1.165) is 4.47 Å². The number of halogens is 1. The van der Waals surface area contributed by atoms with E-state index in [-0.39, 0.29) is 6.61 Å². The lowest BCUT2D eigenvalue weighted by Crippen LogP contribution is -2.35. The van der Waals surface area contributed by atoms with Crippen LogP contribution in [0.2, 0.25) is 0 Å². The summed E-state index contributed by atoms with van der Waals surface area (Å²) in [5.74, 6) is 1.24. The van der Waals surface area contributed by atoms with Crippen molar-refractivity contribution in [3.8, 4) is 11.5 Å². The molecule has 0 saturated carbocycles. The van der Waals surface area contributed by atoms with E-state index in [1.54, 1.807) is 6.08 Å². The van der Waals surface area contributed by atoms with Gasteiger partial charge in [0.05, 0.1) is 0 Å². The summed E-state index contributed by atoms with van der Waals surface area (Å²) in [5.41, 5.74) is 0. The number of rotatable bonds is 9. The van der Waals surface area contributed by atoms with Crippen LogP contribution >= 0.6 is 15.9 Å². The second-order valence-corrected chi connectivity index (χ2v) is 5.63. The fourth-order valence-corrected chi connectivity index (χ4v) is 1.82. The summed E-state index contributed by atoms with van der Waals surface area (Å²) in [6.45, 7) is 8.80. The van der Waals surface area contributed by atoms with E-state index < -0.39 is 6.10 Å². The van der Waals surface area contributed by atoms with E-state index in [0.29, 0.717) is 30.7 Å². The molecule has 0 radical (unpaired) electrons. The van der Waals surface area contributed by atoms with Gasteiger partial charge in [0.1, 0.15) is 19.3 Å². The number of hydrogen-bond acceptors (Lipinski definition) is 4. The lowest BCUT2D eigenvalue weighted by Gasteiger charge is -2.17. The molecule has 0 spiro atoms. The van der Waals surface area contributed by atoms with Gasteiger partial charge in [-0.1, -0.05) is 42.4 Å². The van der Waals surface area contributed by atoms with E-state index in [4.69, 9.17) is 9.47 Å². The topological polar surface area (TPSA) is 50.7 Å². The van der Waals surface area contributed by atoms with E-state index in [1.165, 1.54) is 0 Å². The summed E-state index contributed by atoms with van der Waals surface area (Å²) in [4.78, 5) is 0. The van der Waals surface area contributed by atoms with Crippen LogP contribution in [-0.4, -0.2) is 37.0 Å². The molecule has 4 nitrogen and oxygen atoms in total. The Morgan fingerprint density at radius 2 is 2.10 bits per heavy atom. The standard InChI is InChI=1S/C15H22BrNO3/c1-4-7-19-15-8-12(16)5-6-14(15)20-10-13(18)9-17-11(2)3/h4-6,8,11,13,17-18H,1,7,9-10H2,2-3H3/t13-/m1/s1. The Morgan fingerprint density at radius 3 is 2.75 bits per heavy atom. The van der Waals surface area contributed by atoms with Crippen LogP contribution in [0.4, 0.5) is 0 Å². The molecule has 0 amide bonds. The fraction of sp³-hybridized carbons (Fsp3) is 0.467. The molecule has 20 heavy (non-hydrogen) atoms. The molecule has 1 aromatic rings. The third-order valence-electron chi connectivity index (χ3n) is 2.46. The molecule has 0 unspecified atom stereocenters. The summed E-state index contributed by atoms with van der Waals surface area (Å²) < 4.78 is 12.0. The van der Waals surface area contributed by atoms with Crippen LogP contribution in [-0.2, 0) is 0 Å². The van der Waals surface area contributed by atoms with Gasteiger partial charge in [-0.05, 0) is 18.2 Å². The Morgan fingerprint density at radius 1 is 1.35 bits per heavy atom. The van der Waals surface area contributed by atoms with Gasteiger partial charge in [-0.3, -0.25) is 0 Å². The summed E-state index contributed by atoms with van der Waals surface area (Å²) in [7, 11) is 0. The zero-order valence-electron chi connectivity index (χ0n) is 11.9. The van der Waals surface area contributed by atoms with Crippen molar-refractivity contribution in [2.75, 3.05) is 19.8 Å². The van der Waals surface area contributed by atoms with Crippen molar-refractivity contribution in [3.63, 3.8) is 0 Å². The first-order valence-corrected chi connectivity index (χ1v) is 7.39. The second kappa shape index (κ2) is 9.00. The van der Waals surface area contributed by atoms with Crippen molar-refractivity contribution < 1.29 is 14.6 Å². The molecule has 2 N–H and O–H groups in total. The molecule has 0 heterocycles. The van der Waals surface area contributed by atoms with Crippen LogP contribution in [0.15, 0.2) is 35.3 Å². The highest BCUT2D eigenvalue weighted by Crippen LogP contribution is 2.30. The molecule has 0 fully saturated rings. The molecule has 1 rings (SSSR count). The average molecular weight is 344 g/mol. The van der Waals surface area contributed by atoms with Crippen LogP contribution in [0.5, 0.6) is 11.5 Å². The van der Waals surface area contributed by atoms with Gasteiger partial charge in [-0.15, -0.1) is 0 Å². The van der Waals surface area contributed by atoms with Gasteiger partial charge >= 0.3 is 0 Å². The van der Waals surface area contributed by atoms with Gasteiger partial charge in [0, 0.05) is 17.1 Å². The molecule has 5 heteroatoms. The van der Waals surface area contributed by atoms with E-state index in [2.05, 4.69) is 27.8 Å². The van der Waals surface area contributed by atoms with E-state index in [1.807, 2.05) is 32.0 Å². The Balaban J connectivity index is 2.55. The zero-order chi connectivity index (χ0) is 15.0. The van der Waals surface area contributed by atoms with Gasteiger partial charge in [-0.25, -0.2) is 0 Å². The lowest BCUT2D eigenvalue weighted by atomic mass is 10.3. The fourth-order valence-electron chi connectivity index (χ4n) is 1.48. The van der Waals surface area contributed by atoms with Crippen molar-refractivity contribution in [1.82, 2.24) is 5.32 Å². The first-order chi connectivity index (χ1) is 9.52. The van der Waals surface area contributed by atoms with E-state index in [9.17, 15) is 5.11 Å². The van der Waals surface area contributed by atoms with Crippen LogP contribution in [0.3, 0.4) is 0 Å².